The maximum absolute atomic E-state index is 12.3. The number of nitrogens with one attached hydrogen (secondary N) is 1. The van der Waals surface area contributed by atoms with Crippen molar-refractivity contribution in [3.63, 3.8) is 0 Å². The Morgan fingerprint density at radius 2 is 1.81 bits per heavy atom. The minimum atomic E-state index is -3.74. The number of anilines is 1. The van der Waals surface area contributed by atoms with Crippen LogP contribution in [-0.2, 0) is 10.0 Å². The zero-order valence-electron chi connectivity index (χ0n) is 12.1. The minimum absolute atomic E-state index is 0.0642. The van der Waals surface area contributed by atoms with Gasteiger partial charge in [-0.25, -0.2) is 23.1 Å². The van der Waals surface area contributed by atoms with E-state index in [1.54, 1.807) is 32.0 Å². The Morgan fingerprint density at radius 3 is 2.43 bits per heavy atom. The van der Waals surface area contributed by atoms with Crippen molar-refractivity contribution in [1.82, 2.24) is 9.97 Å². The van der Waals surface area contributed by atoms with Crippen molar-refractivity contribution in [2.24, 2.45) is 0 Å². The Bertz CT molecular complexity index is 725. The van der Waals surface area contributed by atoms with E-state index >= 15 is 0 Å². The Balaban J connectivity index is 2.31. The third kappa shape index (κ3) is 3.91. The van der Waals surface area contributed by atoms with Gasteiger partial charge in [0.25, 0.3) is 10.0 Å². The Kier molecular flexibility index (Phi) is 4.42. The summed E-state index contributed by atoms with van der Waals surface area (Å²) < 4.78 is 32.4. The lowest BCUT2D eigenvalue weighted by molar-refractivity contribution is 0.339. The molecule has 112 valence electrons. The van der Waals surface area contributed by atoms with Gasteiger partial charge in [0.1, 0.15) is 5.75 Å². The van der Waals surface area contributed by atoms with Crippen LogP contribution in [0.2, 0.25) is 0 Å². The second-order valence-corrected chi connectivity index (χ2v) is 6.17. The largest absolute Gasteiger partial charge is 0.494 e. The zero-order valence-corrected chi connectivity index (χ0v) is 12.9. The van der Waals surface area contributed by atoms with Crippen LogP contribution in [0.5, 0.6) is 5.75 Å². The molecule has 1 aromatic carbocycles. The Labute approximate surface area is 124 Å². The Hall–Kier alpha value is -2.15. The number of sulfonamides is 1. The highest BCUT2D eigenvalue weighted by Crippen LogP contribution is 2.19. The van der Waals surface area contributed by atoms with Gasteiger partial charge in [0.05, 0.1) is 11.5 Å². The van der Waals surface area contributed by atoms with E-state index < -0.39 is 10.0 Å². The van der Waals surface area contributed by atoms with Crippen molar-refractivity contribution in [3.05, 3.63) is 41.7 Å². The normalized spacial score (nSPS) is 11.2. The summed E-state index contributed by atoms with van der Waals surface area (Å²) in [5.74, 6) is 0.566. The summed E-state index contributed by atoms with van der Waals surface area (Å²) >= 11 is 0. The minimum Gasteiger partial charge on any atom is -0.494 e. The van der Waals surface area contributed by atoms with Crippen molar-refractivity contribution < 1.29 is 13.2 Å². The van der Waals surface area contributed by atoms with E-state index in [-0.39, 0.29) is 10.8 Å². The molecule has 2 rings (SSSR count). The van der Waals surface area contributed by atoms with E-state index in [4.69, 9.17) is 4.74 Å². The second kappa shape index (κ2) is 6.09. The molecule has 0 spiro atoms. The number of aryl methyl sites for hydroxylation is 2. The van der Waals surface area contributed by atoms with Crippen LogP contribution in [-0.4, -0.2) is 25.0 Å². The van der Waals surface area contributed by atoms with Gasteiger partial charge in [0.15, 0.2) is 0 Å². The zero-order chi connectivity index (χ0) is 15.5. The quantitative estimate of drug-likeness (QED) is 0.916. The molecule has 0 aliphatic carbocycles. The SMILES string of the molecule is CCOc1cccc(S(=O)(=O)Nc2nc(C)cc(C)n2)c1. The smallest absolute Gasteiger partial charge is 0.264 e. The maximum atomic E-state index is 12.3. The highest BCUT2D eigenvalue weighted by molar-refractivity contribution is 7.92. The van der Waals surface area contributed by atoms with Gasteiger partial charge in [0.2, 0.25) is 5.95 Å². The molecule has 1 aromatic heterocycles. The van der Waals surface area contributed by atoms with Crippen LogP contribution < -0.4 is 9.46 Å². The molecule has 7 heteroatoms. The number of nitrogens with zero attached hydrogens (tertiary/aromatic N) is 2. The summed E-state index contributed by atoms with van der Waals surface area (Å²) in [6.45, 7) is 5.87. The van der Waals surface area contributed by atoms with Gasteiger partial charge in [-0.15, -0.1) is 0 Å². The predicted octanol–water partition coefficient (Wildman–Crippen LogP) is 2.29. The maximum Gasteiger partial charge on any atom is 0.264 e. The molecule has 0 saturated carbocycles. The number of hydrogen-bond donors (Lipinski definition) is 1. The fourth-order valence-corrected chi connectivity index (χ4v) is 2.83. The molecule has 6 nitrogen and oxygen atoms in total. The van der Waals surface area contributed by atoms with E-state index in [0.717, 1.165) is 0 Å². The molecule has 0 atom stereocenters. The highest BCUT2D eigenvalue weighted by Gasteiger charge is 2.16. The van der Waals surface area contributed by atoms with Crippen LogP contribution in [0.25, 0.3) is 0 Å². The molecule has 0 radical (unpaired) electrons. The molecular weight excluding hydrogens is 290 g/mol. The first-order valence-electron chi connectivity index (χ1n) is 6.48. The monoisotopic (exact) mass is 307 g/mol. The van der Waals surface area contributed by atoms with E-state index in [9.17, 15) is 8.42 Å². The van der Waals surface area contributed by atoms with Crippen molar-refractivity contribution in [1.29, 1.82) is 0 Å². The van der Waals surface area contributed by atoms with Gasteiger partial charge in [-0.2, -0.15) is 0 Å². The molecule has 1 heterocycles. The van der Waals surface area contributed by atoms with Gasteiger partial charge in [0, 0.05) is 17.5 Å². The first kappa shape index (κ1) is 15.2. The lowest BCUT2D eigenvalue weighted by Crippen LogP contribution is -2.15. The fraction of sp³-hybridized carbons (Fsp3) is 0.286. The number of benzene rings is 1. The van der Waals surface area contributed by atoms with E-state index in [0.29, 0.717) is 23.7 Å². The van der Waals surface area contributed by atoms with E-state index in [1.165, 1.54) is 12.1 Å². The van der Waals surface area contributed by atoms with Crippen LogP contribution in [0.3, 0.4) is 0 Å². The van der Waals surface area contributed by atoms with Crippen LogP contribution in [0.4, 0.5) is 5.95 Å². The third-order valence-corrected chi connectivity index (χ3v) is 3.96. The van der Waals surface area contributed by atoms with Crippen LogP contribution >= 0.6 is 0 Å². The third-order valence-electron chi connectivity index (χ3n) is 2.63. The molecule has 2 aromatic rings. The van der Waals surface area contributed by atoms with Crippen molar-refractivity contribution >= 4 is 16.0 Å². The first-order valence-corrected chi connectivity index (χ1v) is 7.97. The van der Waals surface area contributed by atoms with Gasteiger partial charge >= 0.3 is 0 Å². The molecule has 0 saturated heterocycles. The number of hydrogen-bond acceptors (Lipinski definition) is 5. The summed E-state index contributed by atoms with van der Waals surface area (Å²) in [4.78, 5) is 8.25. The number of ether oxygens (including phenoxy) is 1. The molecule has 0 unspecified atom stereocenters. The molecule has 0 amide bonds. The molecular formula is C14H17N3O3S. The number of aromatic nitrogens is 2. The molecule has 0 aliphatic rings. The average Bonchev–Trinajstić information content (AvgIpc) is 2.37. The van der Waals surface area contributed by atoms with E-state index in [2.05, 4.69) is 14.7 Å². The summed E-state index contributed by atoms with van der Waals surface area (Å²) in [6.07, 6.45) is 0. The first-order chi connectivity index (χ1) is 9.90. The molecule has 1 N–H and O–H groups in total. The standard InChI is InChI=1S/C14H17N3O3S/c1-4-20-12-6-5-7-13(9-12)21(18,19)17-14-15-10(2)8-11(3)16-14/h5-9H,4H2,1-3H3,(H,15,16,17). The lowest BCUT2D eigenvalue weighted by Gasteiger charge is -2.09. The van der Waals surface area contributed by atoms with Crippen molar-refractivity contribution in [2.45, 2.75) is 25.7 Å². The highest BCUT2D eigenvalue weighted by atomic mass is 32.2. The van der Waals surface area contributed by atoms with Crippen LogP contribution in [0.1, 0.15) is 18.3 Å². The topological polar surface area (TPSA) is 81.2 Å². The van der Waals surface area contributed by atoms with Gasteiger partial charge in [-0.1, -0.05) is 6.07 Å². The van der Waals surface area contributed by atoms with Crippen molar-refractivity contribution in [2.75, 3.05) is 11.3 Å². The molecule has 0 bridgehead atoms. The van der Waals surface area contributed by atoms with Gasteiger partial charge < -0.3 is 4.74 Å². The average molecular weight is 307 g/mol. The lowest BCUT2D eigenvalue weighted by atomic mass is 10.3. The van der Waals surface area contributed by atoms with Crippen LogP contribution in [0, 0.1) is 13.8 Å². The summed E-state index contributed by atoms with van der Waals surface area (Å²) in [6, 6.07) is 8.06. The summed E-state index contributed by atoms with van der Waals surface area (Å²) in [5.41, 5.74) is 1.39. The molecule has 0 aliphatic heterocycles. The van der Waals surface area contributed by atoms with E-state index in [1.807, 2.05) is 6.92 Å². The molecule has 21 heavy (non-hydrogen) atoms. The fourth-order valence-electron chi connectivity index (χ4n) is 1.85. The summed E-state index contributed by atoms with van der Waals surface area (Å²) in [7, 11) is -3.74. The number of rotatable bonds is 5. The molecule has 0 fully saturated rings. The summed E-state index contributed by atoms with van der Waals surface area (Å²) in [5, 5.41) is 0. The van der Waals surface area contributed by atoms with Crippen LogP contribution in [0.15, 0.2) is 35.2 Å². The Morgan fingerprint density at radius 1 is 1.14 bits per heavy atom. The second-order valence-electron chi connectivity index (χ2n) is 4.49. The van der Waals surface area contributed by atoms with Crippen molar-refractivity contribution in [3.8, 4) is 5.75 Å². The predicted molar refractivity (Wildman–Crippen MR) is 79.9 cm³/mol. The van der Waals surface area contributed by atoms with Gasteiger partial charge in [-0.05, 0) is 39.0 Å². The van der Waals surface area contributed by atoms with Gasteiger partial charge in [-0.3, -0.25) is 0 Å².